The molecule has 28 heavy (non-hydrogen) atoms. The number of likely N-dealkylation sites (tertiary alicyclic amines) is 1. The maximum absolute atomic E-state index is 12.6. The number of hydrogen-bond donors (Lipinski definition) is 1. The Morgan fingerprint density at radius 3 is 2.79 bits per heavy atom. The average molecular weight is 386 g/mol. The van der Waals surface area contributed by atoms with Gasteiger partial charge in [0.05, 0.1) is 5.41 Å². The molecular formula is C19H26N6O3. The van der Waals surface area contributed by atoms with Crippen molar-refractivity contribution in [2.45, 2.75) is 45.1 Å². The molecule has 2 aromatic heterocycles. The van der Waals surface area contributed by atoms with E-state index in [1.165, 1.54) is 0 Å². The smallest absolute Gasteiger partial charge is 0.271 e. The molecule has 2 aromatic rings. The monoisotopic (exact) mass is 386 g/mol. The lowest BCUT2D eigenvalue weighted by atomic mass is 9.80. The molecule has 1 N–H and O–H groups in total. The van der Waals surface area contributed by atoms with Gasteiger partial charge in [-0.05, 0) is 31.7 Å². The third-order valence-electron chi connectivity index (χ3n) is 5.92. The Bertz CT molecular complexity index is 903. The van der Waals surface area contributed by atoms with Gasteiger partial charge in [0.25, 0.3) is 5.91 Å². The Hall–Kier alpha value is -2.71. The number of amides is 2. The topological polar surface area (TPSA) is 106 Å². The predicted octanol–water partition coefficient (Wildman–Crippen LogP) is 1.06. The Kier molecular flexibility index (Phi) is 4.47. The molecule has 2 aliphatic rings. The van der Waals surface area contributed by atoms with E-state index in [1.807, 2.05) is 18.7 Å². The van der Waals surface area contributed by atoms with Crippen LogP contribution in [0.2, 0.25) is 0 Å². The van der Waals surface area contributed by atoms with Crippen LogP contribution in [0.3, 0.4) is 0 Å². The van der Waals surface area contributed by atoms with Crippen LogP contribution < -0.4 is 5.32 Å². The summed E-state index contributed by atoms with van der Waals surface area (Å²) in [6, 6.07) is 1.67. The van der Waals surface area contributed by atoms with E-state index in [9.17, 15) is 9.59 Å². The highest BCUT2D eigenvalue weighted by Crippen LogP contribution is 2.50. The van der Waals surface area contributed by atoms with Crippen LogP contribution in [0.15, 0.2) is 16.8 Å². The maximum atomic E-state index is 12.6. The SMILES string of the molecule is Cc1noc(C23CC(NC(=O)c4ccn(C)n4)CC2CN(C(=O)C(C)C)C3)n1. The zero-order valence-electron chi connectivity index (χ0n) is 16.7. The van der Waals surface area contributed by atoms with Crippen LogP contribution in [0.4, 0.5) is 0 Å². The molecule has 150 valence electrons. The zero-order valence-corrected chi connectivity index (χ0v) is 16.7. The second kappa shape index (κ2) is 6.72. The highest BCUT2D eigenvalue weighted by atomic mass is 16.5. The Morgan fingerprint density at radius 2 is 2.18 bits per heavy atom. The maximum Gasteiger partial charge on any atom is 0.271 e. The zero-order chi connectivity index (χ0) is 20.1. The molecule has 9 heteroatoms. The van der Waals surface area contributed by atoms with Crippen molar-refractivity contribution in [2.24, 2.45) is 18.9 Å². The molecule has 3 unspecified atom stereocenters. The van der Waals surface area contributed by atoms with Crippen molar-refractivity contribution >= 4 is 11.8 Å². The summed E-state index contributed by atoms with van der Waals surface area (Å²) in [5, 5.41) is 11.2. The van der Waals surface area contributed by atoms with Crippen molar-refractivity contribution in [3.63, 3.8) is 0 Å². The molecule has 0 bridgehead atoms. The summed E-state index contributed by atoms with van der Waals surface area (Å²) < 4.78 is 7.16. The summed E-state index contributed by atoms with van der Waals surface area (Å²) >= 11 is 0. The van der Waals surface area contributed by atoms with Gasteiger partial charge in [0, 0.05) is 38.3 Å². The number of hydrogen-bond acceptors (Lipinski definition) is 6. The van der Waals surface area contributed by atoms with E-state index in [4.69, 9.17) is 4.52 Å². The third-order valence-corrected chi connectivity index (χ3v) is 5.92. The van der Waals surface area contributed by atoms with E-state index in [-0.39, 0.29) is 29.7 Å². The molecule has 3 atom stereocenters. The molecule has 4 rings (SSSR count). The van der Waals surface area contributed by atoms with Gasteiger partial charge in [0.2, 0.25) is 11.8 Å². The van der Waals surface area contributed by atoms with Gasteiger partial charge in [-0.1, -0.05) is 19.0 Å². The number of fused-ring (bicyclic) bond motifs is 1. The molecule has 1 saturated carbocycles. The number of aromatic nitrogens is 4. The number of nitrogens with zero attached hydrogens (tertiary/aromatic N) is 5. The van der Waals surface area contributed by atoms with Crippen molar-refractivity contribution in [1.82, 2.24) is 30.1 Å². The molecule has 1 saturated heterocycles. The molecule has 0 spiro atoms. The van der Waals surface area contributed by atoms with E-state index in [2.05, 4.69) is 20.6 Å². The Balaban J connectivity index is 1.56. The molecule has 9 nitrogen and oxygen atoms in total. The average Bonchev–Trinajstić information content (AvgIpc) is 3.37. The Morgan fingerprint density at radius 1 is 1.39 bits per heavy atom. The molecular weight excluding hydrogens is 360 g/mol. The van der Waals surface area contributed by atoms with Gasteiger partial charge in [-0.25, -0.2) is 0 Å². The summed E-state index contributed by atoms with van der Waals surface area (Å²) in [5.74, 6) is 1.22. The van der Waals surface area contributed by atoms with Gasteiger partial charge in [0.15, 0.2) is 5.82 Å². The van der Waals surface area contributed by atoms with E-state index in [0.717, 1.165) is 6.42 Å². The minimum Gasteiger partial charge on any atom is -0.348 e. The van der Waals surface area contributed by atoms with Crippen LogP contribution >= 0.6 is 0 Å². The fourth-order valence-electron chi connectivity index (χ4n) is 4.64. The lowest BCUT2D eigenvalue weighted by Gasteiger charge is -2.26. The largest absolute Gasteiger partial charge is 0.348 e. The molecule has 2 fully saturated rings. The van der Waals surface area contributed by atoms with E-state index < -0.39 is 5.41 Å². The van der Waals surface area contributed by atoms with E-state index >= 15 is 0 Å². The first kappa shape index (κ1) is 18.6. The number of carbonyl (C=O) groups is 2. The van der Waals surface area contributed by atoms with Crippen molar-refractivity contribution in [3.8, 4) is 0 Å². The summed E-state index contributed by atoms with van der Waals surface area (Å²) in [4.78, 5) is 31.5. The summed E-state index contributed by atoms with van der Waals surface area (Å²) in [6.45, 7) is 6.81. The second-order valence-electron chi connectivity index (χ2n) is 8.36. The molecule has 2 amide bonds. The fourth-order valence-corrected chi connectivity index (χ4v) is 4.64. The molecule has 3 heterocycles. The quantitative estimate of drug-likeness (QED) is 0.842. The van der Waals surface area contributed by atoms with Crippen molar-refractivity contribution in [2.75, 3.05) is 13.1 Å². The highest BCUT2D eigenvalue weighted by Gasteiger charge is 2.58. The number of nitrogens with one attached hydrogen (secondary N) is 1. The van der Waals surface area contributed by atoms with Gasteiger partial charge < -0.3 is 14.7 Å². The van der Waals surface area contributed by atoms with Gasteiger partial charge >= 0.3 is 0 Å². The Labute approximate surface area is 163 Å². The van der Waals surface area contributed by atoms with Crippen molar-refractivity contribution < 1.29 is 14.1 Å². The van der Waals surface area contributed by atoms with E-state index in [1.54, 1.807) is 30.9 Å². The molecule has 1 aliphatic heterocycles. The first-order chi connectivity index (χ1) is 13.3. The summed E-state index contributed by atoms with van der Waals surface area (Å²) in [6.07, 6.45) is 3.18. The minimum absolute atomic E-state index is 0.0250. The van der Waals surface area contributed by atoms with Gasteiger partial charge in [-0.15, -0.1) is 0 Å². The summed E-state index contributed by atoms with van der Waals surface area (Å²) in [7, 11) is 1.78. The van der Waals surface area contributed by atoms with Gasteiger partial charge in [-0.2, -0.15) is 10.1 Å². The fraction of sp³-hybridized carbons (Fsp3) is 0.632. The van der Waals surface area contributed by atoms with Gasteiger partial charge in [-0.3, -0.25) is 14.3 Å². The van der Waals surface area contributed by atoms with Crippen LogP contribution in [0.1, 0.15) is 48.9 Å². The summed E-state index contributed by atoms with van der Waals surface area (Å²) in [5.41, 5.74) is -0.00714. The van der Waals surface area contributed by atoms with Crippen LogP contribution in [0.25, 0.3) is 0 Å². The first-order valence-electron chi connectivity index (χ1n) is 9.68. The number of aryl methyl sites for hydroxylation is 2. The second-order valence-corrected chi connectivity index (χ2v) is 8.36. The number of carbonyl (C=O) groups excluding carboxylic acids is 2. The number of rotatable bonds is 4. The molecule has 0 radical (unpaired) electrons. The molecule has 0 aromatic carbocycles. The van der Waals surface area contributed by atoms with Crippen LogP contribution in [-0.4, -0.2) is 55.8 Å². The van der Waals surface area contributed by atoms with Crippen molar-refractivity contribution in [3.05, 3.63) is 29.7 Å². The van der Waals surface area contributed by atoms with Gasteiger partial charge in [0.1, 0.15) is 5.69 Å². The van der Waals surface area contributed by atoms with E-state index in [0.29, 0.717) is 36.9 Å². The van der Waals surface area contributed by atoms with Crippen molar-refractivity contribution in [1.29, 1.82) is 0 Å². The predicted molar refractivity (Wildman–Crippen MR) is 99.3 cm³/mol. The standard InChI is InChI=1S/C19H26N6O3/c1-11(2)17(27)25-9-13-7-14(21-16(26)15-5-6-24(4)22-15)8-19(13,10-25)18-20-12(3)23-28-18/h5-6,11,13-14H,7-10H2,1-4H3,(H,21,26). The third kappa shape index (κ3) is 3.08. The minimum atomic E-state index is -0.409. The van der Waals surface area contributed by atoms with Crippen LogP contribution in [-0.2, 0) is 17.3 Å². The normalized spacial score (nSPS) is 26.7. The molecule has 1 aliphatic carbocycles. The lowest BCUT2D eigenvalue weighted by molar-refractivity contribution is -0.133. The first-order valence-corrected chi connectivity index (χ1v) is 9.68. The van der Waals surface area contributed by atoms with Crippen LogP contribution in [0.5, 0.6) is 0 Å². The van der Waals surface area contributed by atoms with Crippen LogP contribution in [0, 0.1) is 18.8 Å². The lowest BCUT2D eigenvalue weighted by Crippen LogP contribution is -2.40. The highest BCUT2D eigenvalue weighted by molar-refractivity contribution is 5.92.